The van der Waals surface area contributed by atoms with Gasteiger partial charge in [0.05, 0.1) is 17.8 Å². The van der Waals surface area contributed by atoms with Gasteiger partial charge in [0, 0.05) is 12.0 Å². The Labute approximate surface area is 169 Å². The SMILES string of the molecule is CCC[C@@]1(C)C/C(=N\Cc2ccccc2)[C@H](F)C(C)(C)N1C(=O)OC(C)(C)C. The highest BCUT2D eigenvalue weighted by molar-refractivity contribution is 5.93. The molecule has 28 heavy (non-hydrogen) atoms. The zero-order valence-electron chi connectivity index (χ0n) is 18.4. The molecular formula is C23H35FN2O2. The number of carbonyl (C=O) groups excluding carboxylic acids is 1. The van der Waals surface area contributed by atoms with E-state index >= 15 is 4.39 Å². The molecule has 1 heterocycles. The number of benzene rings is 1. The summed E-state index contributed by atoms with van der Waals surface area (Å²) in [4.78, 5) is 19.3. The van der Waals surface area contributed by atoms with Crippen LogP contribution in [-0.4, -0.2) is 39.6 Å². The van der Waals surface area contributed by atoms with Crippen LogP contribution in [0.3, 0.4) is 0 Å². The van der Waals surface area contributed by atoms with E-state index in [1.165, 1.54) is 0 Å². The molecule has 0 radical (unpaired) electrons. The third kappa shape index (κ3) is 4.92. The number of likely N-dealkylation sites (tertiary alicyclic amines) is 1. The maximum atomic E-state index is 15.6. The van der Waals surface area contributed by atoms with Crippen LogP contribution in [-0.2, 0) is 11.3 Å². The van der Waals surface area contributed by atoms with Crippen molar-refractivity contribution in [1.29, 1.82) is 0 Å². The van der Waals surface area contributed by atoms with Gasteiger partial charge in [0.1, 0.15) is 5.60 Å². The Morgan fingerprint density at radius 1 is 1.25 bits per heavy atom. The van der Waals surface area contributed by atoms with E-state index in [4.69, 9.17) is 4.74 Å². The molecule has 1 amide bonds. The second kappa shape index (κ2) is 8.22. The first kappa shape index (κ1) is 22.4. The predicted molar refractivity (Wildman–Crippen MR) is 113 cm³/mol. The van der Waals surface area contributed by atoms with Gasteiger partial charge in [0.15, 0.2) is 6.17 Å². The van der Waals surface area contributed by atoms with Crippen LogP contribution in [0.5, 0.6) is 0 Å². The van der Waals surface area contributed by atoms with Crippen molar-refractivity contribution < 1.29 is 13.9 Å². The van der Waals surface area contributed by atoms with E-state index in [2.05, 4.69) is 11.9 Å². The molecule has 0 saturated carbocycles. The molecule has 1 saturated heterocycles. The quantitative estimate of drug-likeness (QED) is 0.638. The van der Waals surface area contributed by atoms with Gasteiger partial charge in [-0.25, -0.2) is 9.18 Å². The summed E-state index contributed by atoms with van der Waals surface area (Å²) in [5.74, 6) is 0. The van der Waals surface area contributed by atoms with Crippen LogP contribution in [0.1, 0.15) is 73.3 Å². The number of carbonyl (C=O) groups is 1. The van der Waals surface area contributed by atoms with E-state index in [1.807, 2.05) is 58.0 Å². The third-order valence-electron chi connectivity index (χ3n) is 5.26. The standard InChI is InChI=1S/C23H35FN2O2/c1-8-14-23(7)15-18(25-16-17-12-10-9-11-13-17)19(24)22(5,6)26(23)20(27)28-21(2,3)4/h9-13,19H,8,14-16H2,1-7H3/b25-18+/t19-,23-/m0/s1. The summed E-state index contributed by atoms with van der Waals surface area (Å²) < 4.78 is 21.2. The number of aliphatic imine (C=N–C) groups is 1. The molecule has 0 N–H and O–H groups in total. The summed E-state index contributed by atoms with van der Waals surface area (Å²) in [5.41, 5.74) is -0.636. The Balaban J connectivity index is 2.38. The number of nitrogens with zero attached hydrogens (tertiary/aromatic N) is 2. The maximum absolute atomic E-state index is 15.6. The van der Waals surface area contributed by atoms with Crippen LogP contribution < -0.4 is 0 Å². The summed E-state index contributed by atoms with van der Waals surface area (Å²) in [6.45, 7) is 13.6. The Morgan fingerprint density at radius 2 is 1.86 bits per heavy atom. The van der Waals surface area contributed by atoms with Crippen molar-refractivity contribution in [2.75, 3.05) is 0 Å². The van der Waals surface area contributed by atoms with Crippen molar-refractivity contribution in [1.82, 2.24) is 4.90 Å². The van der Waals surface area contributed by atoms with Crippen molar-refractivity contribution in [2.24, 2.45) is 4.99 Å². The monoisotopic (exact) mass is 390 g/mol. The molecule has 1 fully saturated rings. The van der Waals surface area contributed by atoms with Gasteiger partial charge in [-0.15, -0.1) is 0 Å². The van der Waals surface area contributed by atoms with Gasteiger partial charge < -0.3 is 4.74 Å². The highest BCUT2D eigenvalue weighted by Crippen LogP contribution is 2.42. The van der Waals surface area contributed by atoms with E-state index in [1.54, 1.807) is 18.7 Å². The number of rotatable bonds is 4. The van der Waals surface area contributed by atoms with Crippen molar-refractivity contribution in [3.8, 4) is 0 Å². The molecule has 2 atom stereocenters. The summed E-state index contributed by atoms with van der Waals surface area (Å²) in [6.07, 6.45) is 0.255. The van der Waals surface area contributed by atoms with Crippen LogP contribution in [0.2, 0.25) is 0 Å². The van der Waals surface area contributed by atoms with Crippen molar-refractivity contribution in [3.05, 3.63) is 35.9 Å². The van der Waals surface area contributed by atoms with Crippen LogP contribution in [0.4, 0.5) is 9.18 Å². The fourth-order valence-electron chi connectivity index (χ4n) is 4.19. The Hall–Kier alpha value is -1.91. The van der Waals surface area contributed by atoms with Gasteiger partial charge in [0.25, 0.3) is 0 Å². The smallest absolute Gasteiger partial charge is 0.411 e. The summed E-state index contributed by atoms with van der Waals surface area (Å²) >= 11 is 0. The number of hydrogen-bond acceptors (Lipinski definition) is 3. The minimum Gasteiger partial charge on any atom is -0.444 e. The van der Waals surface area contributed by atoms with Gasteiger partial charge in [-0.2, -0.15) is 0 Å². The lowest BCUT2D eigenvalue weighted by Gasteiger charge is -2.55. The van der Waals surface area contributed by atoms with E-state index in [9.17, 15) is 4.79 Å². The highest BCUT2D eigenvalue weighted by Gasteiger charge is 2.55. The summed E-state index contributed by atoms with van der Waals surface area (Å²) in [7, 11) is 0. The van der Waals surface area contributed by atoms with E-state index in [-0.39, 0.29) is 0 Å². The topological polar surface area (TPSA) is 41.9 Å². The van der Waals surface area contributed by atoms with Gasteiger partial charge in [-0.1, -0.05) is 43.7 Å². The lowest BCUT2D eigenvalue weighted by atomic mass is 9.74. The number of amides is 1. The van der Waals surface area contributed by atoms with Crippen LogP contribution in [0.15, 0.2) is 35.3 Å². The number of hydrogen-bond donors (Lipinski definition) is 0. The molecule has 5 heteroatoms. The zero-order chi connectivity index (χ0) is 21.2. The van der Waals surface area contributed by atoms with E-state index in [0.29, 0.717) is 18.7 Å². The molecule has 4 nitrogen and oxygen atoms in total. The molecule has 1 aromatic carbocycles. The Bertz CT molecular complexity index is 709. The third-order valence-corrected chi connectivity index (χ3v) is 5.26. The lowest BCUT2D eigenvalue weighted by Crippen LogP contribution is -2.69. The number of alkyl halides is 1. The largest absolute Gasteiger partial charge is 0.444 e. The molecule has 0 unspecified atom stereocenters. The van der Waals surface area contributed by atoms with Gasteiger partial charge in [-0.05, 0) is 53.5 Å². The zero-order valence-corrected chi connectivity index (χ0v) is 18.4. The molecule has 0 aromatic heterocycles. The average molecular weight is 391 g/mol. The molecule has 1 aromatic rings. The second-order valence-corrected chi connectivity index (χ2v) is 9.55. The normalized spacial score (nSPS) is 26.4. The molecule has 1 aliphatic rings. The lowest BCUT2D eigenvalue weighted by molar-refractivity contribution is -0.0592. The minimum atomic E-state index is -1.34. The molecule has 156 valence electrons. The predicted octanol–water partition coefficient (Wildman–Crippen LogP) is 5.94. The molecule has 2 rings (SSSR count). The van der Waals surface area contributed by atoms with Crippen molar-refractivity contribution in [2.45, 2.75) is 97.1 Å². The van der Waals surface area contributed by atoms with E-state index in [0.717, 1.165) is 18.4 Å². The number of piperidine rings is 1. The second-order valence-electron chi connectivity index (χ2n) is 9.55. The van der Waals surface area contributed by atoms with Gasteiger partial charge in [0.2, 0.25) is 0 Å². The van der Waals surface area contributed by atoms with E-state index < -0.39 is 28.9 Å². The van der Waals surface area contributed by atoms with Gasteiger partial charge in [-0.3, -0.25) is 9.89 Å². The first-order valence-electron chi connectivity index (χ1n) is 10.2. The average Bonchev–Trinajstić information content (AvgIpc) is 2.56. The summed E-state index contributed by atoms with van der Waals surface area (Å²) in [6, 6.07) is 9.85. The summed E-state index contributed by atoms with van der Waals surface area (Å²) in [5, 5.41) is 0. The van der Waals surface area contributed by atoms with Gasteiger partial charge >= 0.3 is 6.09 Å². The maximum Gasteiger partial charge on any atom is 0.411 e. The van der Waals surface area contributed by atoms with Crippen LogP contribution >= 0.6 is 0 Å². The fourth-order valence-corrected chi connectivity index (χ4v) is 4.19. The fraction of sp³-hybridized carbons (Fsp3) is 0.652. The van der Waals surface area contributed by atoms with Crippen LogP contribution in [0.25, 0.3) is 0 Å². The molecular weight excluding hydrogens is 355 g/mol. The highest BCUT2D eigenvalue weighted by atomic mass is 19.1. The first-order chi connectivity index (χ1) is 12.9. The Morgan fingerprint density at radius 3 is 2.39 bits per heavy atom. The number of halogens is 1. The molecule has 1 aliphatic heterocycles. The molecule has 0 aliphatic carbocycles. The molecule has 0 spiro atoms. The van der Waals surface area contributed by atoms with Crippen molar-refractivity contribution >= 4 is 11.8 Å². The van der Waals surface area contributed by atoms with Crippen LogP contribution in [0, 0.1) is 0 Å². The minimum absolute atomic E-state index is 0.414. The van der Waals surface area contributed by atoms with Crippen molar-refractivity contribution in [3.63, 3.8) is 0 Å². The molecule has 0 bridgehead atoms. The first-order valence-corrected chi connectivity index (χ1v) is 10.2. The number of ether oxygens (including phenoxy) is 1. The Kier molecular flexibility index (Phi) is 6.57.